The molecule has 0 amide bonds. The molecule has 1 heterocycles. The van der Waals surface area contributed by atoms with Crippen LogP contribution < -0.4 is 5.73 Å². The molecule has 94 valence electrons. The summed E-state index contributed by atoms with van der Waals surface area (Å²) < 4.78 is 0. The first-order valence-electron chi connectivity index (χ1n) is 7.32. The maximum atomic E-state index is 5.87. The van der Waals surface area contributed by atoms with Crippen molar-refractivity contribution >= 4 is 0 Å². The van der Waals surface area contributed by atoms with E-state index in [-0.39, 0.29) is 0 Å². The number of hydrogen-bond donors (Lipinski definition) is 1. The highest BCUT2D eigenvalue weighted by atomic mass is 15.1. The van der Waals surface area contributed by atoms with Crippen molar-refractivity contribution in [3.8, 4) is 0 Å². The Balaban J connectivity index is 1.77. The molecule has 2 nitrogen and oxygen atoms in total. The van der Waals surface area contributed by atoms with Gasteiger partial charge in [-0.3, -0.25) is 0 Å². The number of nitrogens with two attached hydrogens (primary N) is 1. The lowest BCUT2D eigenvalue weighted by atomic mass is 9.95. The summed E-state index contributed by atoms with van der Waals surface area (Å²) in [6, 6.07) is 0. The minimum absolute atomic E-state index is 0.824. The SMILES string of the molecule is NCC1CCCC1CN1CCCCCCC1. The van der Waals surface area contributed by atoms with E-state index in [0.29, 0.717) is 0 Å². The fourth-order valence-electron chi connectivity index (χ4n) is 3.49. The zero-order valence-corrected chi connectivity index (χ0v) is 10.7. The van der Waals surface area contributed by atoms with Crippen molar-refractivity contribution in [3.63, 3.8) is 0 Å². The lowest BCUT2D eigenvalue weighted by Gasteiger charge is -2.29. The van der Waals surface area contributed by atoms with Crippen molar-refractivity contribution in [1.82, 2.24) is 4.90 Å². The molecule has 0 spiro atoms. The lowest BCUT2D eigenvalue weighted by Crippen LogP contribution is -2.35. The summed E-state index contributed by atoms with van der Waals surface area (Å²) in [4.78, 5) is 2.72. The zero-order valence-electron chi connectivity index (χ0n) is 10.7. The van der Waals surface area contributed by atoms with Gasteiger partial charge in [-0.1, -0.05) is 25.7 Å². The normalized spacial score (nSPS) is 33.6. The van der Waals surface area contributed by atoms with E-state index in [1.165, 1.54) is 71.0 Å². The topological polar surface area (TPSA) is 29.3 Å². The first-order valence-corrected chi connectivity index (χ1v) is 7.32. The van der Waals surface area contributed by atoms with Gasteiger partial charge in [-0.2, -0.15) is 0 Å². The molecule has 2 heteroatoms. The predicted molar refractivity (Wildman–Crippen MR) is 69.4 cm³/mol. The first kappa shape index (κ1) is 12.4. The van der Waals surface area contributed by atoms with Crippen LogP contribution in [0.25, 0.3) is 0 Å². The number of hydrogen-bond acceptors (Lipinski definition) is 2. The highest BCUT2D eigenvalue weighted by Crippen LogP contribution is 2.31. The Morgan fingerprint density at radius 2 is 1.44 bits per heavy atom. The van der Waals surface area contributed by atoms with E-state index in [0.717, 1.165) is 18.4 Å². The molecule has 1 aliphatic heterocycles. The second-order valence-electron chi connectivity index (χ2n) is 5.76. The standard InChI is InChI=1S/C14H28N2/c15-11-13-7-6-8-14(13)12-16-9-4-2-1-3-5-10-16/h13-14H,1-12,15H2. The Labute approximate surface area is 101 Å². The molecule has 0 radical (unpaired) electrons. The van der Waals surface area contributed by atoms with Gasteiger partial charge in [0.05, 0.1) is 0 Å². The van der Waals surface area contributed by atoms with Crippen LogP contribution in [-0.4, -0.2) is 31.1 Å². The summed E-state index contributed by atoms with van der Waals surface area (Å²) in [5.41, 5.74) is 5.87. The maximum absolute atomic E-state index is 5.87. The van der Waals surface area contributed by atoms with E-state index in [2.05, 4.69) is 4.90 Å². The van der Waals surface area contributed by atoms with Gasteiger partial charge in [0.1, 0.15) is 0 Å². The predicted octanol–water partition coefficient (Wildman–Crippen LogP) is 2.63. The minimum atomic E-state index is 0.824. The first-order chi connectivity index (χ1) is 7.90. The Morgan fingerprint density at radius 3 is 2.12 bits per heavy atom. The van der Waals surface area contributed by atoms with Crippen molar-refractivity contribution in [2.24, 2.45) is 17.6 Å². The third-order valence-electron chi connectivity index (χ3n) is 4.56. The van der Waals surface area contributed by atoms with Crippen molar-refractivity contribution in [3.05, 3.63) is 0 Å². The van der Waals surface area contributed by atoms with Crippen LogP contribution in [0.15, 0.2) is 0 Å². The van der Waals surface area contributed by atoms with Gasteiger partial charge in [0.25, 0.3) is 0 Å². The summed E-state index contributed by atoms with van der Waals surface area (Å²) in [6.07, 6.45) is 11.4. The van der Waals surface area contributed by atoms with Gasteiger partial charge in [-0.25, -0.2) is 0 Å². The molecule has 1 saturated carbocycles. The van der Waals surface area contributed by atoms with Crippen LogP contribution in [-0.2, 0) is 0 Å². The van der Waals surface area contributed by atoms with E-state index in [9.17, 15) is 0 Å². The Bertz CT molecular complexity index is 185. The van der Waals surface area contributed by atoms with E-state index in [1.807, 2.05) is 0 Å². The molecule has 2 N–H and O–H groups in total. The quantitative estimate of drug-likeness (QED) is 0.798. The Morgan fingerprint density at radius 1 is 0.812 bits per heavy atom. The molecule has 0 aromatic carbocycles. The molecule has 2 fully saturated rings. The lowest BCUT2D eigenvalue weighted by molar-refractivity contribution is 0.191. The zero-order chi connectivity index (χ0) is 11.2. The van der Waals surface area contributed by atoms with Crippen LogP contribution in [0, 0.1) is 11.8 Å². The van der Waals surface area contributed by atoms with Crippen LogP contribution in [0.2, 0.25) is 0 Å². The molecule has 0 aromatic heterocycles. The van der Waals surface area contributed by atoms with Gasteiger partial charge in [-0.05, 0) is 57.2 Å². The average molecular weight is 224 g/mol. The summed E-state index contributed by atoms with van der Waals surface area (Å²) >= 11 is 0. The number of likely N-dealkylation sites (tertiary alicyclic amines) is 1. The second-order valence-corrected chi connectivity index (χ2v) is 5.76. The van der Waals surface area contributed by atoms with Crippen molar-refractivity contribution in [1.29, 1.82) is 0 Å². The van der Waals surface area contributed by atoms with Crippen molar-refractivity contribution < 1.29 is 0 Å². The van der Waals surface area contributed by atoms with Crippen molar-refractivity contribution in [2.75, 3.05) is 26.2 Å². The third kappa shape index (κ3) is 3.46. The molecular weight excluding hydrogens is 196 g/mol. The monoisotopic (exact) mass is 224 g/mol. The molecule has 1 saturated heterocycles. The second kappa shape index (κ2) is 6.61. The highest BCUT2D eigenvalue weighted by Gasteiger charge is 2.27. The van der Waals surface area contributed by atoms with Gasteiger partial charge in [-0.15, -0.1) is 0 Å². The van der Waals surface area contributed by atoms with Crippen LogP contribution in [0.4, 0.5) is 0 Å². The molecule has 0 bridgehead atoms. The van der Waals surface area contributed by atoms with Gasteiger partial charge < -0.3 is 10.6 Å². The van der Waals surface area contributed by atoms with Gasteiger partial charge in [0, 0.05) is 6.54 Å². The van der Waals surface area contributed by atoms with Gasteiger partial charge in [0.15, 0.2) is 0 Å². The third-order valence-corrected chi connectivity index (χ3v) is 4.56. The van der Waals surface area contributed by atoms with Gasteiger partial charge >= 0.3 is 0 Å². The van der Waals surface area contributed by atoms with Crippen LogP contribution in [0.3, 0.4) is 0 Å². The summed E-state index contributed by atoms with van der Waals surface area (Å²) in [7, 11) is 0. The smallest absolute Gasteiger partial charge is 0.00128 e. The fourth-order valence-corrected chi connectivity index (χ4v) is 3.49. The van der Waals surface area contributed by atoms with Crippen LogP contribution in [0.5, 0.6) is 0 Å². The summed E-state index contributed by atoms with van der Waals surface area (Å²) in [5.74, 6) is 1.73. The highest BCUT2D eigenvalue weighted by molar-refractivity contribution is 4.81. The molecule has 2 atom stereocenters. The number of rotatable bonds is 3. The molecule has 2 rings (SSSR count). The Kier molecular flexibility index (Phi) is 5.11. The van der Waals surface area contributed by atoms with Crippen molar-refractivity contribution in [2.45, 2.75) is 51.4 Å². The molecule has 2 aliphatic rings. The largest absolute Gasteiger partial charge is 0.330 e. The average Bonchev–Trinajstić information content (AvgIpc) is 2.69. The van der Waals surface area contributed by atoms with Crippen LogP contribution in [0.1, 0.15) is 51.4 Å². The van der Waals surface area contributed by atoms with E-state index < -0.39 is 0 Å². The number of nitrogens with zero attached hydrogens (tertiary/aromatic N) is 1. The molecule has 0 aromatic rings. The summed E-state index contributed by atoms with van der Waals surface area (Å²) in [6.45, 7) is 4.93. The van der Waals surface area contributed by atoms with E-state index in [1.54, 1.807) is 0 Å². The summed E-state index contributed by atoms with van der Waals surface area (Å²) in [5, 5.41) is 0. The minimum Gasteiger partial charge on any atom is -0.330 e. The van der Waals surface area contributed by atoms with Gasteiger partial charge in [0.2, 0.25) is 0 Å². The fraction of sp³-hybridized carbons (Fsp3) is 1.00. The van der Waals surface area contributed by atoms with Crippen LogP contribution >= 0.6 is 0 Å². The Hall–Kier alpha value is -0.0800. The van der Waals surface area contributed by atoms with E-state index >= 15 is 0 Å². The maximum Gasteiger partial charge on any atom is 0.00128 e. The molecule has 16 heavy (non-hydrogen) atoms. The molecular formula is C14H28N2. The molecule has 2 unspecified atom stereocenters. The molecule has 1 aliphatic carbocycles. The van der Waals surface area contributed by atoms with E-state index in [4.69, 9.17) is 5.73 Å².